The van der Waals surface area contributed by atoms with E-state index in [2.05, 4.69) is 20.6 Å². The van der Waals surface area contributed by atoms with Crippen molar-refractivity contribution in [3.8, 4) is 0 Å². The van der Waals surface area contributed by atoms with E-state index in [-0.39, 0.29) is 29.9 Å². The SMILES string of the molecule is CC(=O)c1c(C)[nH]c(C(=O)NCc2cccc(NC(=O)c3[nH]c(C)c(C(C)=O)c3C)c2)c1C. The van der Waals surface area contributed by atoms with Crippen LogP contribution in [0, 0.1) is 27.7 Å². The van der Waals surface area contributed by atoms with Crippen molar-refractivity contribution in [2.45, 2.75) is 48.1 Å². The Labute approximate surface area is 192 Å². The molecule has 8 heteroatoms. The van der Waals surface area contributed by atoms with Crippen molar-refractivity contribution < 1.29 is 19.2 Å². The number of aromatic amines is 2. The Balaban J connectivity index is 1.71. The zero-order valence-corrected chi connectivity index (χ0v) is 19.6. The summed E-state index contributed by atoms with van der Waals surface area (Å²) >= 11 is 0. The quantitative estimate of drug-likeness (QED) is 0.405. The molecule has 4 N–H and O–H groups in total. The lowest BCUT2D eigenvalue weighted by Crippen LogP contribution is -2.24. The Morgan fingerprint density at radius 3 is 1.79 bits per heavy atom. The molecular weight excluding hydrogens is 420 g/mol. The Morgan fingerprint density at radius 1 is 0.788 bits per heavy atom. The maximum atomic E-state index is 12.8. The van der Waals surface area contributed by atoms with E-state index in [1.165, 1.54) is 13.8 Å². The van der Waals surface area contributed by atoms with Crippen molar-refractivity contribution in [3.05, 3.63) is 74.9 Å². The van der Waals surface area contributed by atoms with Crippen LogP contribution >= 0.6 is 0 Å². The highest BCUT2D eigenvalue weighted by atomic mass is 16.2. The molecule has 0 radical (unpaired) electrons. The van der Waals surface area contributed by atoms with Crippen LogP contribution in [0.4, 0.5) is 5.69 Å². The largest absolute Gasteiger partial charge is 0.354 e. The molecule has 3 rings (SSSR count). The van der Waals surface area contributed by atoms with Gasteiger partial charge in [-0.05, 0) is 70.4 Å². The van der Waals surface area contributed by atoms with E-state index >= 15 is 0 Å². The van der Waals surface area contributed by atoms with Crippen molar-refractivity contribution in [1.29, 1.82) is 0 Å². The summed E-state index contributed by atoms with van der Waals surface area (Å²) in [6.45, 7) is 10.2. The maximum absolute atomic E-state index is 12.8. The minimum atomic E-state index is -0.349. The van der Waals surface area contributed by atoms with Crippen molar-refractivity contribution >= 4 is 29.1 Å². The first-order chi connectivity index (χ1) is 15.5. The van der Waals surface area contributed by atoms with Crippen LogP contribution in [0.5, 0.6) is 0 Å². The minimum absolute atomic E-state index is 0.0911. The summed E-state index contributed by atoms with van der Waals surface area (Å²) in [4.78, 5) is 55.0. The molecule has 0 saturated carbocycles. The summed E-state index contributed by atoms with van der Waals surface area (Å²) in [5, 5.41) is 5.68. The zero-order chi connectivity index (χ0) is 24.4. The van der Waals surface area contributed by atoms with Gasteiger partial charge >= 0.3 is 0 Å². The minimum Gasteiger partial charge on any atom is -0.354 e. The molecule has 172 valence electrons. The number of ketones is 2. The van der Waals surface area contributed by atoms with Crippen molar-refractivity contribution in [3.63, 3.8) is 0 Å². The molecular formula is C25H28N4O4. The number of aryl methyl sites for hydroxylation is 2. The fraction of sp³-hybridized carbons (Fsp3) is 0.280. The lowest BCUT2D eigenvalue weighted by molar-refractivity contribution is 0.0944. The van der Waals surface area contributed by atoms with Crippen molar-refractivity contribution in [2.75, 3.05) is 5.32 Å². The number of Topliss-reactive ketones (excluding diaryl/α,β-unsaturated/α-hetero) is 2. The van der Waals surface area contributed by atoms with Crippen LogP contribution in [-0.4, -0.2) is 33.3 Å². The fourth-order valence-corrected chi connectivity index (χ4v) is 4.23. The Morgan fingerprint density at radius 2 is 1.30 bits per heavy atom. The molecule has 0 aliphatic carbocycles. The number of anilines is 1. The molecule has 2 aromatic heterocycles. The van der Waals surface area contributed by atoms with Crippen LogP contribution in [0.25, 0.3) is 0 Å². The normalized spacial score (nSPS) is 10.7. The maximum Gasteiger partial charge on any atom is 0.272 e. The third-order valence-electron chi connectivity index (χ3n) is 5.67. The number of carbonyl (C=O) groups is 4. The summed E-state index contributed by atoms with van der Waals surface area (Å²) < 4.78 is 0. The molecule has 0 aliphatic rings. The Bertz CT molecular complexity index is 1280. The summed E-state index contributed by atoms with van der Waals surface area (Å²) in [6.07, 6.45) is 0. The van der Waals surface area contributed by atoms with Gasteiger partial charge in [-0.25, -0.2) is 0 Å². The summed E-state index contributed by atoms with van der Waals surface area (Å²) in [7, 11) is 0. The second-order valence-electron chi connectivity index (χ2n) is 8.20. The topological polar surface area (TPSA) is 124 Å². The van der Waals surface area contributed by atoms with Gasteiger partial charge in [0, 0.05) is 34.7 Å². The molecule has 0 fully saturated rings. The highest BCUT2D eigenvalue weighted by Gasteiger charge is 2.21. The monoisotopic (exact) mass is 448 g/mol. The van der Waals surface area contributed by atoms with E-state index in [4.69, 9.17) is 0 Å². The van der Waals surface area contributed by atoms with Crippen LogP contribution in [0.2, 0.25) is 0 Å². The van der Waals surface area contributed by atoms with Gasteiger partial charge in [-0.15, -0.1) is 0 Å². The average Bonchev–Trinajstić information content (AvgIpc) is 3.21. The van der Waals surface area contributed by atoms with E-state index in [9.17, 15) is 19.2 Å². The van der Waals surface area contributed by atoms with Crippen LogP contribution in [0.3, 0.4) is 0 Å². The number of benzene rings is 1. The van der Waals surface area contributed by atoms with Crippen molar-refractivity contribution in [1.82, 2.24) is 15.3 Å². The number of H-pyrrole nitrogens is 2. The molecule has 0 bridgehead atoms. The molecule has 0 aliphatic heterocycles. The molecule has 2 amide bonds. The molecule has 0 unspecified atom stereocenters. The fourth-order valence-electron chi connectivity index (χ4n) is 4.23. The van der Waals surface area contributed by atoms with E-state index in [0.29, 0.717) is 50.7 Å². The molecule has 0 spiro atoms. The van der Waals surface area contributed by atoms with Gasteiger partial charge < -0.3 is 20.6 Å². The van der Waals surface area contributed by atoms with E-state index in [1.54, 1.807) is 45.9 Å². The van der Waals surface area contributed by atoms with Gasteiger partial charge in [-0.2, -0.15) is 0 Å². The smallest absolute Gasteiger partial charge is 0.272 e. The van der Waals surface area contributed by atoms with Crippen LogP contribution in [0.1, 0.15) is 83.6 Å². The Hall–Kier alpha value is -3.94. The highest BCUT2D eigenvalue weighted by molar-refractivity contribution is 6.07. The lowest BCUT2D eigenvalue weighted by Gasteiger charge is -2.09. The molecule has 33 heavy (non-hydrogen) atoms. The van der Waals surface area contributed by atoms with Gasteiger partial charge in [-0.1, -0.05) is 12.1 Å². The van der Waals surface area contributed by atoms with E-state index < -0.39 is 0 Å². The zero-order valence-electron chi connectivity index (χ0n) is 19.6. The van der Waals surface area contributed by atoms with Gasteiger partial charge in [-0.3, -0.25) is 19.2 Å². The number of carbonyl (C=O) groups excluding carboxylic acids is 4. The predicted octanol–water partition coefficient (Wildman–Crippen LogP) is 4.16. The Kier molecular flexibility index (Phi) is 6.67. The molecule has 1 aromatic carbocycles. The standard InChI is InChI=1S/C25H28N4O4/c1-12-20(16(5)30)14(3)27-22(12)24(32)26-11-18-8-7-9-19(10-18)29-25(33)23-13(2)21(17(6)31)15(4)28-23/h7-10,27-28H,11H2,1-6H3,(H,26,32)(H,29,33). The van der Waals surface area contributed by atoms with Crippen LogP contribution in [0.15, 0.2) is 24.3 Å². The number of hydrogen-bond acceptors (Lipinski definition) is 4. The third-order valence-corrected chi connectivity index (χ3v) is 5.67. The summed E-state index contributed by atoms with van der Waals surface area (Å²) in [6, 6.07) is 7.13. The number of amides is 2. The highest BCUT2D eigenvalue weighted by Crippen LogP contribution is 2.21. The van der Waals surface area contributed by atoms with Gasteiger partial charge in [0.1, 0.15) is 11.4 Å². The summed E-state index contributed by atoms with van der Waals surface area (Å²) in [5.41, 5.74) is 5.68. The molecule has 0 atom stereocenters. The van der Waals surface area contributed by atoms with E-state index in [0.717, 1.165) is 5.56 Å². The van der Waals surface area contributed by atoms with Gasteiger partial charge in [0.05, 0.1) is 0 Å². The second-order valence-corrected chi connectivity index (χ2v) is 8.20. The van der Waals surface area contributed by atoms with Gasteiger partial charge in [0.2, 0.25) is 0 Å². The van der Waals surface area contributed by atoms with E-state index in [1.807, 2.05) is 6.07 Å². The van der Waals surface area contributed by atoms with Gasteiger partial charge in [0.25, 0.3) is 11.8 Å². The van der Waals surface area contributed by atoms with Crippen molar-refractivity contribution in [2.24, 2.45) is 0 Å². The summed E-state index contributed by atoms with van der Waals surface area (Å²) in [5.74, 6) is -0.849. The number of rotatable bonds is 7. The first kappa shape index (κ1) is 23.7. The lowest BCUT2D eigenvalue weighted by atomic mass is 10.1. The molecule has 2 heterocycles. The predicted molar refractivity (Wildman–Crippen MR) is 126 cm³/mol. The van der Waals surface area contributed by atoms with Crippen LogP contribution < -0.4 is 10.6 Å². The third kappa shape index (κ3) is 4.79. The first-order valence-corrected chi connectivity index (χ1v) is 10.6. The second kappa shape index (κ2) is 9.28. The molecule has 8 nitrogen and oxygen atoms in total. The first-order valence-electron chi connectivity index (χ1n) is 10.6. The molecule has 3 aromatic rings. The molecule has 0 saturated heterocycles. The van der Waals surface area contributed by atoms with Gasteiger partial charge in [0.15, 0.2) is 11.6 Å². The average molecular weight is 449 g/mol. The van der Waals surface area contributed by atoms with Crippen LogP contribution in [-0.2, 0) is 6.54 Å². The number of hydrogen-bond donors (Lipinski definition) is 4. The number of nitrogens with one attached hydrogen (secondary N) is 4. The number of aromatic nitrogens is 2.